The quantitative estimate of drug-likeness (QED) is 0.522. The van der Waals surface area contributed by atoms with Crippen molar-refractivity contribution in [2.45, 2.75) is 31.1 Å². The maximum absolute atomic E-state index is 12.6. The first kappa shape index (κ1) is 21.2. The average molecular weight is 451 g/mol. The minimum atomic E-state index is -3.88. The number of hydrogen-bond donors (Lipinski definition) is 2. The molecule has 152 valence electrons. The minimum absolute atomic E-state index is 0.0361. The van der Waals surface area contributed by atoms with Crippen LogP contribution in [0.3, 0.4) is 0 Å². The highest BCUT2D eigenvalue weighted by molar-refractivity contribution is 7.92. The summed E-state index contributed by atoms with van der Waals surface area (Å²) >= 11 is 7.21. The lowest BCUT2D eigenvalue weighted by Crippen LogP contribution is -2.16. The van der Waals surface area contributed by atoms with Crippen molar-refractivity contribution in [2.75, 3.05) is 10.0 Å². The molecular weight excluding hydrogens is 432 g/mol. The molecule has 0 aliphatic carbocycles. The monoisotopic (exact) mass is 450 g/mol. The van der Waals surface area contributed by atoms with Gasteiger partial charge in [0.15, 0.2) is 0 Å². The Morgan fingerprint density at radius 1 is 1.14 bits per heavy atom. The van der Waals surface area contributed by atoms with Crippen LogP contribution in [0.2, 0.25) is 5.02 Å². The lowest BCUT2D eigenvalue weighted by molar-refractivity contribution is 0.102. The minimum Gasteiger partial charge on any atom is -0.296 e. The molecule has 0 radical (unpaired) electrons. The Bertz CT molecular complexity index is 1120. The number of anilines is 2. The van der Waals surface area contributed by atoms with Gasteiger partial charge in [-0.1, -0.05) is 48.4 Å². The van der Waals surface area contributed by atoms with Crippen molar-refractivity contribution in [3.05, 3.63) is 64.1 Å². The van der Waals surface area contributed by atoms with E-state index in [1.54, 1.807) is 18.2 Å². The van der Waals surface area contributed by atoms with Gasteiger partial charge in [0.1, 0.15) is 5.01 Å². The number of hydrogen-bond acceptors (Lipinski definition) is 6. The second kappa shape index (κ2) is 9.34. The predicted octanol–water partition coefficient (Wildman–Crippen LogP) is 4.59. The van der Waals surface area contributed by atoms with E-state index in [2.05, 4.69) is 27.2 Å². The van der Waals surface area contributed by atoms with Gasteiger partial charge >= 0.3 is 0 Å². The molecule has 29 heavy (non-hydrogen) atoms. The summed E-state index contributed by atoms with van der Waals surface area (Å²) in [4.78, 5) is 12.5. The first-order valence-electron chi connectivity index (χ1n) is 8.89. The molecule has 0 saturated carbocycles. The van der Waals surface area contributed by atoms with E-state index in [4.69, 9.17) is 11.6 Å². The molecule has 2 N–H and O–H groups in total. The van der Waals surface area contributed by atoms with Crippen molar-refractivity contribution in [1.29, 1.82) is 0 Å². The average Bonchev–Trinajstić information content (AvgIpc) is 3.13. The van der Waals surface area contributed by atoms with Gasteiger partial charge in [-0.25, -0.2) is 8.42 Å². The third-order valence-corrected chi connectivity index (χ3v) is 6.43. The fraction of sp³-hybridized carbons (Fsp3) is 0.211. The van der Waals surface area contributed by atoms with Crippen LogP contribution in [-0.2, 0) is 16.4 Å². The number of sulfonamides is 1. The zero-order chi connectivity index (χ0) is 20.9. The predicted molar refractivity (Wildman–Crippen MR) is 115 cm³/mol. The van der Waals surface area contributed by atoms with Gasteiger partial charge in [-0.05, 0) is 42.8 Å². The molecule has 0 spiro atoms. The van der Waals surface area contributed by atoms with Gasteiger partial charge in [-0.2, -0.15) is 0 Å². The van der Waals surface area contributed by atoms with Crippen LogP contribution in [0.5, 0.6) is 0 Å². The largest absolute Gasteiger partial charge is 0.296 e. The highest BCUT2D eigenvalue weighted by atomic mass is 35.5. The molecule has 2 aromatic carbocycles. The Labute approximate surface area is 178 Å². The van der Waals surface area contributed by atoms with E-state index < -0.39 is 15.9 Å². The van der Waals surface area contributed by atoms with Crippen molar-refractivity contribution >= 4 is 49.7 Å². The second-order valence-electron chi connectivity index (χ2n) is 6.20. The first-order valence-corrected chi connectivity index (χ1v) is 11.6. The van der Waals surface area contributed by atoms with Crippen molar-refractivity contribution in [2.24, 2.45) is 0 Å². The van der Waals surface area contributed by atoms with Crippen molar-refractivity contribution in [1.82, 2.24) is 10.2 Å². The molecule has 0 unspecified atom stereocenters. The summed E-state index contributed by atoms with van der Waals surface area (Å²) in [5.74, 6) is -0.456. The number of rotatable bonds is 8. The third kappa shape index (κ3) is 5.75. The number of amides is 1. The molecule has 3 rings (SSSR count). The van der Waals surface area contributed by atoms with Crippen molar-refractivity contribution < 1.29 is 13.2 Å². The summed E-state index contributed by atoms with van der Waals surface area (Å²) in [5, 5.41) is 12.3. The van der Waals surface area contributed by atoms with E-state index >= 15 is 0 Å². The molecule has 0 aliphatic heterocycles. The smallest absolute Gasteiger partial charge is 0.261 e. The fourth-order valence-electron chi connectivity index (χ4n) is 2.47. The number of nitrogens with zero attached hydrogens (tertiary/aromatic N) is 2. The maximum atomic E-state index is 12.6. The standard InChI is InChI=1S/C19H19ClN4O3S2/c1-2-3-10-17-22-23-19(28-17)21-18(25)13-6-4-9-16(11-13)29(26,27)24-15-8-5-7-14(20)12-15/h4-9,11-12,24H,2-3,10H2,1H3,(H,21,23,25). The Morgan fingerprint density at radius 2 is 1.93 bits per heavy atom. The van der Waals surface area contributed by atoms with E-state index in [0.717, 1.165) is 24.3 Å². The van der Waals surface area contributed by atoms with Gasteiger partial charge in [0.25, 0.3) is 15.9 Å². The van der Waals surface area contributed by atoms with E-state index in [1.807, 2.05) is 0 Å². The second-order valence-corrected chi connectivity index (χ2v) is 9.38. The Morgan fingerprint density at radius 3 is 2.69 bits per heavy atom. The number of nitrogens with one attached hydrogen (secondary N) is 2. The van der Waals surface area contributed by atoms with Crippen LogP contribution in [0.4, 0.5) is 10.8 Å². The van der Waals surface area contributed by atoms with Gasteiger partial charge in [-0.3, -0.25) is 14.8 Å². The topological polar surface area (TPSA) is 101 Å². The lowest BCUT2D eigenvalue weighted by Gasteiger charge is -2.09. The van der Waals surface area contributed by atoms with Gasteiger partial charge in [-0.15, -0.1) is 10.2 Å². The highest BCUT2D eigenvalue weighted by Crippen LogP contribution is 2.21. The van der Waals surface area contributed by atoms with Crippen LogP contribution in [0, 0.1) is 0 Å². The number of unbranched alkanes of at least 4 members (excludes halogenated alkanes) is 1. The number of halogens is 1. The van der Waals surface area contributed by atoms with Crippen LogP contribution in [0.15, 0.2) is 53.4 Å². The molecule has 1 aromatic heterocycles. The van der Waals surface area contributed by atoms with E-state index in [0.29, 0.717) is 15.8 Å². The first-order chi connectivity index (χ1) is 13.9. The van der Waals surface area contributed by atoms with Gasteiger partial charge in [0.2, 0.25) is 5.13 Å². The molecule has 0 aliphatic rings. The number of aromatic nitrogens is 2. The number of carbonyl (C=O) groups excluding carboxylic acids is 1. The summed E-state index contributed by atoms with van der Waals surface area (Å²) in [6, 6.07) is 12.1. The summed E-state index contributed by atoms with van der Waals surface area (Å²) in [6.07, 6.45) is 2.86. The SMILES string of the molecule is CCCCc1nnc(NC(=O)c2cccc(S(=O)(=O)Nc3cccc(Cl)c3)c2)s1. The molecule has 3 aromatic rings. The Hall–Kier alpha value is -2.49. The van der Waals surface area contributed by atoms with Gasteiger partial charge in [0, 0.05) is 17.0 Å². The highest BCUT2D eigenvalue weighted by Gasteiger charge is 2.17. The van der Waals surface area contributed by atoms with Crippen LogP contribution < -0.4 is 10.0 Å². The zero-order valence-electron chi connectivity index (χ0n) is 15.6. The molecule has 0 saturated heterocycles. The number of aryl methyl sites for hydroxylation is 1. The summed E-state index contributed by atoms with van der Waals surface area (Å²) in [5.41, 5.74) is 0.533. The number of carbonyl (C=O) groups is 1. The van der Waals surface area contributed by atoms with Crippen LogP contribution in [-0.4, -0.2) is 24.5 Å². The van der Waals surface area contributed by atoms with Crippen LogP contribution in [0.25, 0.3) is 0 Å². The lowest BCUT2D eigenvalue weighted by atomic mass is 10.2. The normalized spacial score (nSPS) is 11.2. The molecule has 1 amide bonds. The van der Waals surface area contributed by atoms with Gasteiger partial charge < -0.3 is 0 Å². The van der Waals surface area contributed by atoms with E-state index in [9.17, 15) is 13.2 Å². The molecule has 1 heterocycles. The molecule has 10 heteroatoms. The van der Waals surface area contributed by atoms with E-state index in [1.165, 1.54) is 41.7 Å². The van der Waals surface area contributed by atoms with E-state index in [-0.39, 0.29) is 10.5 Å². The summed E-state index contributed by atoms with van der Waals surface area (Å²) in [7, 11) is -3.88. The van der Waals surface area contributed by atoms with Crippen molar-refractivity contribution in [3.63, 3.8) is 0 Å². The zero-order valence-corrected chi connectivity index (χ0v) is 17.9. The molecule has 7 nitrogen and oxygen atoms in total. The van der Waals surface area contributed by atoms with Crippen LogP contribution >= 0.6 is 22.9 Å². The Balaban J connectivity index is 1.74. The third-order valence-electron chi connectivity index (χ3n) is 3.91. The molecule has 0 atom stereocenters. The molecular formula is C19H19ClN4O3S2. The maximum Gasteiger partial charge on any atom is 0.261 e. The summed E-state index contributed by atoms with van der Waals surface area (Å²) in [6.45, 7) is 2.09. The molecule has 0 fully saturated rings. The number of benzene rings is 2. The van der Waals surface area contributed by atoms with Crippen molar-refractivity contribution in [3.8, 4) is 0 Å². The fourth-order valence-corrected chi connectivity index (χ4v) is 4.53. The summed E-state index contributed by atoms with van der Waals surface area (Å²) < 4.78 is 27.7. The molecule has 0 bridgehead atoms. The van der Waals surface area contributed by atoms with Gasteiger partial charge in [0.05, 0.1) is 10.6 Å². The Kier molecular flexibility index (Phi) is 6.83. The van der Waals surface area contributed by atoms with Crippen LogP contribution in [0.1, 0.15) is 35.1 Å².